The summed E-state index contributed by atoms with van der Waals surface area (Å²) >= 11 is 0. The number of nitrogens with one attached hydrogen (secondary N) is 8. The lowest BCUT2D eigenvalue weighted by Crippen LogP contribution is -2.26. The number of aryl methyl sites for hydroxylation is 4. The van der Waals surface area contributed by atoms with Crippen LogP contribution in [0.5, 0.6) is 0 Å². The molecule has 14 rings (SSSR count). The monoisotopic (exact) mass is 1520 g/mol. The average molecular weight is 1530 g/mol. The van der Waals surface area contributed by atoms with Crippen LogP contribution in [0.25, 0.3) is 46.1 Å². The van der Waals surface area contributed by atoms with Crippen LogP contribution in [0.3, 0.4) is 0 Å². The van der Waals surface area contributed by atoms with E-state index in [2.05, 4.69) is 122 Å². The third-order valence-corrected chi connectivity index (χ3v) is 15.8. The molecule has 570 valence electrons. The largest absolute Gasteiger partial charge is 0.368 e. The Kier molecular flexibility index (Phi) is 27.2. The Balaban J connectivity index is 0.000000150. The molecule has 1 saturated heterocycles. The summed E-state index contributed by atoms with van der Waals surface area (Å²) in [6.07, 6.45) is 8.16. The zero-order chi connectivity index (χ0) is 80.3. The summed E-state index contributed by atoms with van der Waals surface area (Å²) in [5.74, 6) is 1.84. The second kappa shape index (κ2) is 39.0. The topological polar surface area (TPSA) is 448 Å². The predicted octanol–water partition coefficient (Wildman–Crippen LogP) is 11.7. The maximum atomic E-state index is 12.6. The van der Waals surface area contributed by atoms with Gasteiger partial charge in [-0.05, 0) is 198 Å². The van der Waals surface area contributed by atoms with E-state index < -0.39 is 6.10 Å². The molecule has 1 fully saturated rings. The number of amides is 8. The van der Waals surface area contributed by atoms with Gasteiger partial charge in [-0.15, -0.1) is 0 Å². The molecule has 1 atom stereocenters. The Labute approximate surface area is 651 Å². The quantitative estimate of drug-likeness (QED) is 0.0373. The van der Waals surface area contributed by atoms with Gasteiger partial charge in [0.15, 0.2) is 23.3 Å². The molecule has 8 N–H and O–H groups in total. The van der Waals surface area contributed by atoms with Gasteiger partial charge in [0.1, 0.15) is 52.2 Å². The molecular weight excluding hydrogens is 1450 g/mol. The van der Waals surface area contributed by atoms with Gasteiger partial charge in [-0.3, -0.25) is 79.6 Å². The van der Waals surface area contributed by atoms with Crippen molar-refractivity contribution >= 4 is 93.8 Å². The first-order valence-corrected chi connectivity index (χ1v) is 35.3. The number of anilines is 8. The molecule has 33 heteroatoms. The van der Waals surface area contributed by atoms with Crippen molar-refractivity contribution < 1.29 is 43.1 Å². The highest BCUT2D eigenvalue weighted by atomic mass is 16.5. The summed E-state index contributed by atoms with van der Waals surface area (Å²) in [7, 11) is 0. The molecule has 8 amide bonds. The Morgan fingerprint density at radius 3 is 0.904 bits per heavy atom. The van der Waals surface area contributed by atoms with Crippen molar-refractivity contribution in [3.8, 4) is 46.1 Å². The van der Waals surface area contributed by atoms with Crippen molar-refractivity contribution in [3.05, 3.63) is 276 Å². The molecule has 1 aliphatic heterocycles. The third kappa shape index (κ3) is 23.5. The summed E-state index contributed by atoms with van der Waals surface area (Å²) in [6.45, 7) is 10.7. The van der Waals surface area contributed by atoms with Gasteiger partial charge in [0.25, 0.3) is 35.4 Å². The molecular formula is C81H72N24O9. The average Bonchev–Trinajstić information content (AvgIpc) is 0.873. The van der Waals surface area contributed by atoms with Gasteiger partial charge >= 0.3 is 0 Å². The molecule has 114 heavy (non-hydrogen) atoms. The number of carbonyl (C=O) groups excluding carboxylic acids is 8. The number of hydrogen-bond acceptors (Lipinski definition) is 25. The number of carbonyl (C=O) groups is 8. The lowest BCUT2D eigenvalue weighted by atomic mass is 10.1. The van der Waals surface area contributed by atoms with E-state index in [4.69, 9.17) is 4.74 Å². The van der Waals surface area contributed by atoms with Crippen molar-refractivity contribution in [2.24, 2.45) is 0 Å². The molecule has 0 saturated carbocycles. The van der Waals surface area contributed by atoms with Crippen LogP contribution < -0.4 is 42.5 Å². The van der Waals surface area contributed by atoms with Crippen molar-refractivity contribution in [3.63, 3.8) is 0 Å². The van der Waals surface area contributed by atoms with Crippen LogP contribution >= 0.6 is 0 Å². The minimum atomic E-state index is -0.409. The first kappa shape index (κ1) is 79.5. The zero-order valence-electron chi connectivity index (χ0n) is 62.1. The van der Waals surface area contributed by atoms with E-state index in [0.29, 0.717) is 133 Å². The Hall–Kier alpha value is -15.5. The molecule has 1 aliphatic rings. The molecule has 8 aromatic heterocycles. The van der Waals surface area contributed by atoms with E-state index in [0.717, 1.165) is 12.8 Å². The number of hydrogen-bond donors (Lipinski definition) is 8. The van der Waals surface area contributed by atoms with Gasteiger partial charge in [0.2, 0.25) is 35.6 Å². The maximum Gasteiger partial charge on any atom is 0.258 e. The zero-order valence-corrected chi connectivity index (χ0v) is 62.1. The van der Waals surface area contributed by atoms with Gasteiger partial charge in [0.05, 0.1) is 0 Å². The fourth-order valence-corrected chi connectivity index (χ4v) is 10.4. The van der Waals surface area contributed by atoms with Crippen LogP contribution in [-0.4, -0.2) is 140 Å². The maximum absolute atomic E-state index is 12.6. The van der Waals surface area contributed by atoms with Crippen molar-refractivity contribution in [1.29, 1.82) is 0 Å². The second-order valence-corrected chi connectivity index (χ2v) is 24.5. The van der Waals surface area contributed by atoms with E-state index in [1.807, 2.05) is 30.3 Å². The van der Waals surface area contributed by atoms with E-state index in [1.54, 1.807) is 229 Å². The minimum absolute atomic E-state index is 0.0880. The Morgan fingerprint density at radius 1 is 0.325 bits per heavy atom. The van der Waals surface area contributed by atoms with Gasteiger partial charge < -0.3 is 26.0 Å². The number of aromatic nitrogens is 16. The van der Waals surface area contributed by atoms with Gasteiger partial charge in [0, 0.05) is 95.3 Å². The molecule has 5 aromatic carbocycles. The molecule has 9 heterocycles. The van der Waals surface area contributed by atoms with Crippen molar-refractivity contribution in [1.82, 2.24) is 79.7 Å². The van der Waals surface area contributed by atoms with Crippen LogP contribution in [0.1, 0.15) is 108 Å². The fourth-order valence-electron chi connectivity index (χ4n) is 10.4. The number of rotatable bonds is 19. The summed E-state index contributed by atoms with van der Waals surface area (Å²) in [6, 6.07) is 56.7. The highest BCUT2D eigenvalue weighted by molar-refractivity contribution is 6.07. The summed E-state index contributed by atoms with van der Waals surface area (Å²) in [5.41, 5.74) is 6.97. The molecule has 13 aromatic rings. The SMILES string of the molecule is CC(=O)Nc1ccc(C(=O)Nc2nc(C)nc(-c3ccccn3)n2)cc1.CCC(=O)Nc1ccc(C(=O)Nc2nc(C)nc(-c3ccccn3)n2)cc1.Cc1nc(NC(=O)c2ccc(NC(=O)C3CCCO3)cc2)nc(-c2ccccn2)n1.Cc1nc(NC(=O)c2ccc(NC(=O)c3ccccc3)cc2)nc(-c2ccccn2)n1. The lowest BCUT2D eigenvalue weighted by molar-refractivity contribution is -0.124. The second-order valence-electron chi connectivity index (χ2n) is 24.5. The molecule has 0 aliphatic carbocycles. The summed E-state index contributed by atoms with van der Waals surface area (Å²) in [5, 5.41) is 21.6. The first-order valence-electron chi connectivity index (χ1n) is 35.3. The van der Waals surface area contributed by atoms with Crippen LogP contribution in [0.4, 0.5) is 46.5 Å². The normalized spacial score (nSPS) is 11.7. The van der Waals surface area contributed by atoms with Crippen molar-refractivity contribution in [2.75, 3.05) is 49.1 Å². The lowest BCUT2D eigenvalue weighted by Gasteiger charge is -2.11. The van der Waals surface area contributed by atoms with Crippen molar-refractivity contribution in [2.45, 2.75) is 66.9 Å². The molecule has 0 radical (unpaired) electrons. The van der Waals surface area contributed by atoms with Crippen LogP contribution in [0.2, 0.25) is 0 Å². The van der Waals surface area contributed by atoms with E-state index >= 15 is 0 Å². The number of benzene rings is 5. The highest BCUT2D eigenvalue weighted by Gasteiger charge is 2.24. The first-order chi connectivity index (χ1) is 55.2. The fraction of sp³-hybridized carbons (Fsp3) is 0.136. The standard InChI is InChI=1S/C23H18N6O2.C21H20N6O3.C19H18N6O2.C18H16N6O2/c1-15-25-20(19-9-5-6-14-24-19)28-23(26-15)29-22(31)17-10-12-18(13-11-17)27-21(30)16-7-3-2-4-8-16;1-13-23-18(16-5-2-3-11-22-16)26-21(24-13)27-19(28)14-7-9-15(10-8-14)25-20(29)17-6-4-12-30-17;1-3-16(26)23-14-9-7-13(8-10-14)18(27)25-19-22-12(2)21-17(24-19)15-6-4-5-11-20-15;1-11-20-16(15-5-3-4-10-19-15)23-18(21-11)24-17(26)13-6-8-14(9-7-13)22-12(2)25/h2-14H,1H3,(H,27,30)(H,25,26,28,29,31);2-3,5,7-11,17H,4,6,12H2,1H3,(H,25,29)(H,23,24,26,27,28);4-11H,3H2,1-2H3,(H,23,26)(H,21,22,24,25,27);3-10H,1-2H3,(H,22,25)(H,20,21,23,24,26). The Bertz CT molecular complexity index is 5530. The van der Waals surface area contributed by atoms with Crippen LogP contribution in [-0.2, 0) is 19.1 Å². The number of ether oxygens (including phenoxy) is 1. The molecule has 1 unspecified atom stereocenters. The van der Waals surface area contributed by atoms with Gasteiger partial charge in [-0.1, -0.05) is 49.4 Å². The third-order valence-electron chi connectivity index (χ3n) is 15.8. The summed E-state index contributed by atoms with van der Waals surface area (Å²) < 4.78 is 5.37. The van der Waals surface area contributed by atoms with Gasteiger partial charge in [-0.25, -0.2) is 19.9 Å². The van der Waals surface area contributed by atoms with E-state index in [9.17, 15) is 38.4 Å². The van der Waals surface area contributed by atoms with Gasteiger partial charge in [-0.2, -0.15) is 39.9 Å². The molecule has 33 nitrogen and oxygen atoms in total. The van der Waals surface area contributed by atoms with E-state index in [-0.39, 0.29) is 71.1 Å². The molecule has 0 bridgehead atoms. The van der Waals surface area contributed by atoms with Crippen LogP contribution in [0, 0.1) is 27.7 Å². The number of pyridine rings is 4. The molecule has 0 spiro atoms. The Morgan fingerprint density at radius 2 is 0.614 bits per heavy atom. The minimum Gasteiger partial charge on any atom is -0.368 e. The van der Waals surface area contributed by atoms with Crippen LogP contribution in [0.15, 0.2) is 225 Å². The predicted molar refractivity (Wildman–Crippen MR) is 424 cm³/mol. The highest BCUT2D eigenvalue weighted by Crippen LogP contribution is 2.23. The smallest absolute Gasteiger partial charge is 0.258 e. The summed E-state index contributed by atoms with van der Waals surface area (Å²) in [4.78, 5) is 164. The van der Waals surface area contributed by atoms with E-state index in [1.165, 1.54) is 6.92 Å². The number of nitrogens with zero attached hydrogens (tertiary/aromatic N) is 16.